The van der Waals surface area contributed by atoms with Gasteiger partial charge in [-0.3, -0.25) is 0 Å². The molecule has 0 aliphatic carbocycles. The number of aromatic nitrogens is 1. The van der Waals surface area contributed by atoms with Gasteiger partial charge in [-0.15, -0.1) is 0 Å². The monoisotopic (exact) mass is 371 g/mol. The van der Waals surface area contributed by atoms with E-state index < -0.39 is 44.5 Å². The number of alkyl halides is 3. The van der Waals surface area contributed by atoms with Crippen LogP contribution in [0, 0.1) is 5.41 Å². The van der Waals surface area contributed by atoms with Crippen LogP contribution in [0.1, 0.15) is 19.4 Å². The summed E-state index contributed by atoms with van der Waals surface area (Å²) in [6.45, 7) is 2.23. The summed E-state index contributed by atoms with van der Waals surface area (Å²) in [7, 11) is -4.21. The lowest BCUT2D eigenvalue weighted by Gasteiger charge is -2.23. The molecule has 0 aliphatic heterocycles. The average Bonchev–Trinajstić information content (AvgIpc) is 2.50. The Labute approximate surface area is 138 Å². The first-order valence-corrected chi connectivity index (χ1v) is 8.44. The number of pyridine rings is 1. The van der Waals surface area contributed by atoms with Crippen LogP contribution in [0.2, 0.25) is 0 Å². The molecule has 11 heteroatoms. The SMILES string of the molecule is CC(C)(CO)CNc1ncc(S(=O)(=O)NCCO)cc1C(F)(F)F. The van der Waals surface area contributed by atoms with E-state index in [1.54, 1.807) is 13.8 Å². The molecule has 0 radical (unpaired) electrons. The third-order valence-electron chi connectivity index (χ3n) is 3.04. The van der Waals surface area contributed by atoms with E-state index in [-0.39, 0.29) is 19.7 Å². The summed E-state index contributed by atoms with van der Waals surface area (Å²) in [6.07, 6.45) is -4.02. The van der Waals surface area contributed by atoms with Crippen LogP contribution in [0.15, 0.2) is 17.2 Å². The minimum Gasteiger partial charge on any atom is -0.396 e. The fraction of sp³-hybridized carbons (Fsp3) is 0.615. The lowest BCUT2D eigenvalue weighted by atomic mass is 9.95. The van der Waals surface area contributed by atoms with E-state index in [0.29, 0.717) is 6.07 Å². The van der Waals surface area contributed by atoms with Crippen LogP contribution in [0.3, 0.4) is 0 Å². The third kappa shape index (κ3) is 5.58. The van der Waals surface area contributed by atoms with Crippen molar-refractivity contribution in [1.29, 1.82) is 0 Å². The maximum Gasteiger partial charge on any atom is 0.419 e. The topological polar surface area (TPSA) is 112 Å². The molecule has 0 aromatic carbocycles. The highest BCUT2D eigenvalue weighted by Gasteiger charge is 2.36. The zero-order chi connectivity index (χ0) is 18.6. The molecule has 1 rings (SSSR count). The van der Waals surface area contributed by atoms with Gasteiger partial charge in [0.15, 0.2) is 0 Å². The van der Waals surface area contributed by atoms with E-state index in [0.717, 1.165) is 6.20 Å². The normalized spacial score (nSPS) is 13.1. The second-order valence-electron chi connectivity index (χ2n) is 5.86. The molecule has 4 N–H and O–H groups in total. The second-order valence-corrected chi connectivity index (χ2v) is 7.63. The van der Waals surface area contributed by atoms with Crippen LogP contribution in [-0.2, 0) is 16.2 Å². The van der Waals surface area contributed by atoms with E-state index >= 15 is 0 Å². The van der Waals surface area contributed by atoms with Gasteiger partial charge in [0, 0.05) is 31.3 Å². The molecular formula is C13H20F3N3O4S. The predicted octanol–water partition coefficient (Wildman–Crippen LogP) is 0.801. The quantitative estimate of drug-likeness (QED) is 0.538. The van der Waals surface area contributed by atoms with Crippen LogP contribution < -0.4 is 10.0 Å². The molecule has 1 aromatic heterocycles. The number of hydrogen-bond donors (Lipinski definition) is 4. The first-order valence-electron chi connectivity index (χ1n) is 6.95. The lowest BCUT2D eigenvalue weighted by molar-refractivity contribution is -0.137. The van der Waals surface area contributed by atoms with E-state index in [1.165, 1.54) is 0 Å². The van der Waals surface area contributed by atoms with Crippen LogP contribution in [0.25, 0.3) is 0 Å². The van der Waals surface area contributed by atoms with Crippen molar-refractivity contribution in [3.05, 3.63) is 17.8 Å². The van der Waals surface area contributed by atoms with Crippen molar-refractivity contribution in [2.75, 3.05) is 31.6 Å². The summed E-state index contributed by atoms with van der Waals surface area (Å²) in [6, 6.07) is 0.473. The molecule has 0 saturated heterocycles. The number of anilines is 1. The maximum atomic E-state index is 13.2. The van der Waals surface area contributed by atoms with Crippen molar-refractivity contribution in [2.24, 2.45) is 5.41 Å². The van der Waals surface area contributed by atoms with Crippen LogP contribution in [-0.4, -0.2) is 49.9 Å². The average molecular weight is 371 g/mol. The van der Waals surface area contributed by atoms with Gasteiger partial charge >= 0.3 is 6.18 Å². The summed E-state index contributed by atoms with van der Waals surface area (Å²) < 4.78 is 65.2. The largest absolute Gasteiger partial charge is 0.419 e. The van der Waals surface area contributed by atoms with Gasteiger partial charge in [-0.05, 0) is 6.07 Å². The Morgan fingerprint density at radius 3 is 2.38 bits per heavy atom. The van der Waals surface area contributed by atoms with Crippen LogP contribution in [0.4, 0.5) is 19.0 Å². The highest BCUT2D eigenvalue weighted by molar-refractivity contribution is 7.89. The Bertz CT molecular complexity index is 663. The molecule has 7 nitrogen and oxygen atoms in total. The fourth-order valence-corrected chi connectivity index (χ4v) is 2.58. The fourth-order valence-electron chi connectivity index (χ4n) is 1.59. The highest BCUT2D eigenvalue weighted by Crippen LogP contribution is 2.35. The van der Waals surface area contributed by atoms with Gasteiger partial charge in [-0.2, -0.15) is 13.2 Å². The van der Waals surface area contributed by atoms with E-state index in [1.807, 2.05) is 4.72 Å². The molecule has 0 unspecified atom stereocenters. The molecule has 0 spiro atoms. The van der Waals surface area contributed by atoms with Gasteiger partial charge in [0.1, 0.15) is 10.7 Å². The molecule has 0 aliphatic rings. The molecule has 24 heavy (non-hydrogen) atoms. The number of rotatable bonds is 8. The number of aliphatic hydroxyl groups excluding tert-OH is 2. The Kier molecular flexibility index (Phi) is 6.56. The van der Waals surface area contributed by atoms with Crippen molar-refractivity contribution in [3.63, 3.8) is 0 Å². The Balaban J connectivity index is 3.20. The minimum absolute atomic E-state index is 0.00837. The summed E-state index contributed by atoms with van der Waals surface area (Å²) in [5.74, 6) is -0.523. The Morgan fingerprint density at radius 1 is 1.25 bits per heavy atom. The molecular weight excluding hydrogens is 351 g/mol. The van der Waals surface area contributed by atoms with Gasteiger partial charge in [-0.1, -0.05) is 13.8 Å². The summed E-state index contributed by atoms with van der Waals surface area (Å²) in [5.41, 5.74) is -1.92. The first-order chi connectivity index (χ1) is 10.9. The van der Waals surface area contributed by atoms with Crippen LogP contribution >= 0.6 is 0 Å². The Morgan fingerprint density at radius 2 is 1.88 bits per heavy atom. The zero-order valence-electron chi connectivity index (χ0n) is 13.2. The number of sulfonamides is 1. The molecule has 0 fully saturated rings. The zero-order valence-corrected chi connectivity index (χ0v) is 14.0. The van der Waals surface area contributed by atoms with Gasteiger partial charge < -0.3 is 15.5 Å². The second kappa shape index (κ2) is 7.64. The smallest absolute Gasteiger partial charge is 0.396 e. The van der Waals surface area contributed by atoms with Gasteiger partial charge in [-0.25, -0.2) is 18.1 Å². The molecule has 0 atom stereocenters. The third-order valence-corrected chi connectivity index (χ3v) is 4.47. The van der Waals surface area contributed by atoms with E-state index in [4.69, 9.17) is 10.2 Å². The standard InChI is InChI=1S/C13H20F3N3O4S/c1-12(2,8-21)7-18-11-10(13(14,15)16)5-9(6-17-11)24(22,23)19-3-4-20/h5-6,19-21H,3-4,7-8H2,1-2H3,(H,17,18). The van der Waals surface area contributed by atoms with Crippen molar-refractivity contribution in [2.45, 2.75) is 24.9 Å². The summed E-state index contributed by atoms with van der Waals surface area (Å²) in [4.78, 5) is 2.91. The number of aliphatic hydroxyl groups is 2. The molecule has 0 amide bonds. The minimum atomic E-state index is -4.82. The van der Waals surface area contributed by atoms with Crippen molar-refractivity contribution in [1.82, 2.24) is 9.71 Å². The molecule has 1 aromatic rings. The molecule has 138 valence electrons. The van der Waals surface area contributed by atoms with Crippen molar-refractivity contribution in [3.8, 4) is 0 Å². The van der Waals surface area contributed by atoms with Gasteiger partial charge in [0.2, 0.25) is 10.0 Å². The van der Waals surface area contributed by atoms with Crippen molar-refractivity contribution < 1.29 is 31.8 Å². The van der Waals surface area contributed by atoms with E-state index in [2.05, 4.69) is 10.3 Å². The predicted molar refractivity (Wildman–Crippen MR) is 80.9 cm³/mol. The number of nitrogens with zero attached hydrogens (tertiary/aromatic N) is 1. The summed E-state index contributed by atoms with van der Waals surface area (Å²) in [5, 5.41) is 20.3. The molecule has 1 heterocycles. The maximum absolute atomic E-state index is 13.2. The molecule has 0 bridgehead atoms. The number of nitrogens with one attached hydrogen (secondary N) is 2. The first kappa shape index (κ1) is 20.6. The Hall–Kier alpha value is -1.43. The van der Waals surface area contributed by atoms with Gasteiger partial charge in [0.05, 0.1) is 12.2 Å². The lowest BCUT2D eigenvalue weighted by Crippen LogP contribution is -2.29. The van der Waals surface area contributed by atoms with E-state index in [9.17, 15) is 21.6 Å². The highest BCUT2D eigenvalue weighted by atomic mass is 32.2. The molecule has 0 saturated carbocycles. The van der Waals surface area contributed by atoms with Gasteiger partial charge in [0.25, 0.3) is 0 Å². The van der Waals surface area contributed by atoms with Crippen LogP contribution in [0.5, 0.6) is 0 Å². The number of hydrogen-bond acceptors (Lipinski definition) is 6. The summed E-state index contributed by atoms with van der Waals surface area (Å²) >= 11 is 0. The number of halogens is 3. The van der Waals surface area contributed by atoms with Crippen molar-refractivity contribution >= 4 is 15.8 Å².